The number of ketones is 1. The summed E-state index contributed by atoms with van der Waals surface area (Å²) in [4.78, 5) is 17.1. The second-order valence-corrected chi connectivity index (χ2v) is 8.57. The molecule has 0 aliphatic heterocycles. The number of nitrogens with one attached hydrogen (secondary N) is 1. The number of aromatic amines is 1. The maximum absolute atomic E-state index is 13.1. The Kier molecular flexibility index (Phi) is 4.02. The fourth-order valence-electron chi connectivity index (χ4n) is 2.87. The molecule has 1 unspecified atom stereocenters. The standard InChI is InChI=1S/C17H16N4O3S/c1-11(22)12-5-6-15-13(8-12)9-16(19-15)25(23,24)17(2)7-3-4-14(10-17)20-21-18/h3-9,19H,10H2,1-2H3. The van der Waals surface area contributed by atoms with Gasteiger partial charge >= 0.3 is 0 Å². The van der Waals surface area contributed by atoms with E-state index in [0.29, 0.717) is 22.2 Å². The number of carbonyl (C=O) groups excluding carboxylic acids is 1. The Morgan fingerprint density at radius 1 is 1.36 bits per heavy atom. The number of carbonyl (C=O) groups is 1. The normalized spacial score (nSPS) is 20.2. The maximum atomic E-state index is 13.1. The maximum Gasteiger partial charge on any atom is 0.202 e. The zero-order valence-corrected chi connectivity index (χ0v) is 14.5. The monoisotopic (exact) mass is 356 g/mol. The average molecular weight is 356 g/mol. The van der Waals surface area contributed by atoms with Crippen molar-refractivity contribution in [3.8, 4) is 0 Å². The molecule has 0 bridgehead atoms. The molecular formula is C17H16N4O3S. The zero-order valence-electron chi connectivity index (χ0n) is 13.7. The molecule has 0 amide bonds. The largest absolute Gasteiger partial charge is 0.346 e. The second kappa shape index (κ2) is 5.91. The molecule has 1 aliphatic rings. The summed E-state index contributed by atoms with van der Waals surface area (Å²) >= 11 is 0. The molecule has 1 aromatic heterocycles. The van der Waals surface area contributed by atoms with Crippen LogP contribution in [-0.2, 0) is 9.84 Å². The van der Waals surface area contributed by atoms with Crippen LogP contribution >= 0.6 is 0 Å². The Bertz CT molecular complexity index is 1090. The Labute approximate surface area is 144 Å². The molecule has 1 N–H and O–H groups in total. The summed E-state index contributed by atoms with van der Waals surface area (Å²) < 4.78 is 25.0. The first-order chi connectivity index (χ1) is 11.8. The highest BCUT2D eigenvalue weighted by Crippen LogP contribution is 2.36. The molecule has 3 rings (SSSR count). The summed E-state index contributed by atoms with van der Waals surface area (Å²) in [6, 6.07) is 6.54. The van der Waals surface area contributed by atoms with Crippen LogP contribution in [0.3, 0.4) is 0 Å². The molecule has 0 saturated carbocycles. The van der Waals surface area contributed by atoms with Crippen molar-refractivity contribution in [2.24, 2.45) is 5.11 Å². The highest BCUT2D eigenvalue weighted by molar-refractivity contribution is 7.93. The topological polar surface area (TPSA) is 116 Å². The van der Waals surface area contributed by atoms with Crippen LogP contribution in [0.5, 0.6) is 0 Å². The molecule has 1 atom stereocenters. The van der Waals surface area contributed by atoms with Crippen LogP contribution < -0.4 is 0 Å². The summed E-state index contributed by atoms with van der Waals surface area (Å²) in [5, 5.41) is 4.26. The van der Waals surface area contributed by atoms with Crippen LogP contribution in [-0.4, -0.2) is 23.9 Å². The van der Waals surface area contributed by atoms with Gasteiger partial charge in [0.15, 0.2) is 5.78 Å². The first kappa shape index (κ1) is 17.0. The van der Waals surface area contributed by atoms with E-state index in [4.69, 9.17) is 5.53 Å². The number of aromatic nitrogens is 1. The molecule has 128 valence electrons. The number of hydrogen-bond acceptors (Lipinski definition) is 4. The van der Waals surface area contributed by atoms with Crippen molar-refractivity contribution in [1.29, 1.82) is 0 Å². The van der Waals surface area contributed by atoms with Crippen LogP contribution in [0.15, 0.2) is 58.3 Å². The number of H-pyrrole nitrogens is 1. The number of azide groups is 1. The number of Topliss-reactive ketones (excluding diaryl/α,β-unsaturated/α-hetero) is 1. The van der Waals surface area contributed by atoms with Crippen LogP contribution in [0.2, 0.25) is 0 Å². The third kappa shape index (κ3) is 2.86. The van der Waals surface area contributed by atoms with Gasteiger partial charge in [-0.1, -0.05) is 23.3 Å². The van der Waals surface area contributed by atoms with Gasteiger partial charge in [-0.25, -0.2) is 8.42 Å². The third-order valence-electron chi connectivity index (χ3n) is 4.35. The lowest BCUT2D eigenvalue weighted by Gasteiger charge is -2.27. The molecule has 1 heterocycles. The molecular weight excluding hydrogens is 340 g/mol. The van der Waals surface area contributed by atoms with Crippen LogP contribution in [0.4, 0.5) is 0 Å². The number of allylic oxidation sites excluding steroid dienone is 3. The predicted octanol–water partition coefficient (Wildman–Crippen LogP) is 4.06. The minimum atomic E-state index is -3.76. The zero-order chi connectivity index (χ0) is 18.2. The number of fused-ring (bicyclic) bond motifs is 1. The first-order valence-corrected chi connectivity index (χ1v) is 9.07. The van der Waals surface area contributed by atoms with E-state index in [1.807, 2.05) is 0 Å². The highest BCUT2D eigenvalue weighted by atomic mass is 32.2. The van der Waals surface area contributed by atoms with Gasteiger partial charge in [0, 0.05) is 27.1 Å². The van der Waals surface area contributed by atoms with E-state index in [1.165, 1.54) is 13.0 Å². The number of rotatable bonds is 4. The fourth-order valence-corrected chi connectivity index (χ4v) is 4.50. The fraction of sp³-hybridized carbons (Fsp3) is 0.235. The predicted molar refractivity (Wildman–Crippen MR) is 94.9 cm³/mol. The van der Waals surface area contributed by atoms with Gasteiger partial charge in [-0.2, -0.15) is 0 Å². The molecule has 7 nitrogen and oxygen atoms in total. The van der Waals surface area contributed by atoms with Crippen molar-refractivity contribution in [2.75, 3.05) is 0 Å². The van der Waals surface area contributed by atoms with Gasteiger partial charge in [0.05, 0.1) is 4.75 Å². The number of sulfone groups is 1. The van der Waals surface area contributed by atoms with Crippen molar-refractivity contribution >= 4 is 26.5 Å². The Balaban J connectivity index is 2.07. The average Bonchev–Trinajstić information content (AvgIpc) is 2.99. The van der Waals surface area contributed by atoms with Crippen molar-refractivity contribution in [2.45, 2.75) is 30.0 Å². The van der Waals surface area contributed by atoms with Gasteiger partial charge in [-0.05, 0) is 50.1 Å². The van der Waals surface area contributed by atoms with E-state index >= 15 is 0 Å². The molecule has 0 saturated heterocycles. The van der Waals surface area contributed by atoms with E-state index in [9.17, 15) is 13.2 Å². The van der Waals surface area contributed by atoms with E-state index < -0.39 is 14.6 Å². The van der Waals surface area contributed by atoms with Gasteiger partial charge in [-0.3, -0.25) is 4.79 Å². The lowest BCUT2D eigenvalue weighted by molar-refractivity contribution is 0.101. The van der Waals surface area contributed by atoms with Gasteiger partial charge in [-0.15, -0.1) is 0 Å². The summed E-state index contributed by atoms with van der Waals surface area (Å²) in [5.41, 5.74) is 10.1. The Hall–Kier alpha value is -2.83. The van der Waals surface area contributed by atoms with E-state index in [1.54, 1.807) is 43.4 Å². The van der Waals surface area contributed by atoms with Gasteiger partial charge in [0.25, 0.3) is 0 Å². The van der Waals surface area contributed by atoms with Crippen LogP contribution in [0.25, 0.3) is 21.3 Å². The Morgan fingerprint density at radius 3 is 2.80 bits per heavy atom. The lowest BCUT2D eigenvalue weighted by atomic mass is 10.00. The number of benzene rings is 1. The molecule has 0 radical (unpaired) electrons. The minimum Gasteiger partial charge on any atom is -0.346 e. The van der Waals surface area contributed by atoms with Crippen molar-refractivity contribution in [3.05, 3.63) is 64.2 Å². The van der Waals surface area contributed by atoms with E-state index in [0.717, 1.165) is 0 Å². The highest BCUT2D eigenvalue weighted by Gasteiger charge is 2.40. The van der Waals surface area contributed by atoms with E-state index in [2.05, 4.69) is 15.0 Å². The SMILES string of the molecule is CC(=O)c1ccc2[nH]c(S(=O)(=O)C3(C)C=CC=C(N=[N+]=[N-])C3)cc2c1. The summed E-state index contributed by atoms with van der Waals surface area (Å²) in [6.07, 6.45) is 4.86. The van der Waals surface area contributed by atoms with Gasteiger partial charge < -0.3 is 4.98 Å². The molecule has 0 fully saturated rings. The second-order valence-electron chi connectivity index (χ2n) is 6.19. The summed E-state index contributed by atoms with van der Waals surface area (Å²) in [7, 11) is -3.76. The van der Waals surface area contributed by atoms with Crippen LogP contribution in [0, 0.1) is 0 Å². The molecule has 8 heteroatoms. The summed E-state index contributed by atoms with van der Waals surface area (Å²) in [5.74, 6) is -0.0844. The van der Waals surface area contributed by atoms with Crippen molar-refractivity contribution in [1.82, 2.24) is 4.98 Å². The van der Waals surface area contributed by atoms with Gasteiger partial charge in [0.1, 0.15) is 5.03 Å². The molecule has 1 aliphatic carbocycles. The lowest BCUT2D eigenvalue weighted by Crippen LogP contribution is -2.35. The minimum absolute atomic E-state index is 0.0672. The third-order valence-corrected chi connectivity index (χ3v) is 6.66. The molecule has 0 spiro atoms. The smallest absolute Gasteiger partial charge is 0.202 e. The molecule has 25 heavy (non-hydrogen) atoms. The first-order valence-electron chi connectivity index (χ1n) is 7.59. The van der Waals surface area contributed by atoms with Crippen molar-refractivity contribution in [3.63, 3.8) is 0 Å². The van der Waals surface area contributed by atoms with Crippen molar-refractivity contribution < 1.29 is 13.2 Å². The molecule has 1 aromatic carbocycles. The van der Waals surface area contributed by atoms with Gasteiger partial charge in [0.2, 0.25) is 9.84 Å². The number of nitrogens with zero attached hydrogens (tertiary/aromatic N) is 3. The number of hydrogen-bond donors (Lipinski definition) is 1. The summed E-state index contributed by atoms with van der Waals surface area (Å²) in [6.45, 7) is 3.05. The molecule has 2 aromatic rings. The quantitative estimate of drug-likeness (QED) is 0.385. The van der Waals surface area contributed by atoms with Crippen LogP contribution in [0.1, 0.15) is 30.6 Å². The van der Waals surface area contributed by atoms with E-state index in [-0.39, 0.29) is 17.2 Å². The Morgan fingerprint density at radius 2 is 2.12 bits per heavy atom.